The van der Waals surface area contributed by atoms with Crippen LogP contribution in [0.5, 0.6) is 0 Å². The molecule has 7 heteroatoms. The second-order valence-electron chi connectivity index (χ2n) is 4.78. The number of nitrogens with zero attached hydrogens (tertiary/aromatic N) is 3. The van der Waals surface area contributed by atoms with Gasteiger partial charge in [0.1, 0.15) is 10.7 Å². The molecule has 23 heavy (non-hydrogen) atoms. The van der Waals surface area contributed by atoms with E-state index in [1.165, 1.54) is 16.2 Å². The molecule has 0 unspecified atom stereocenters. The number of carbonyl (C=O) groups excluding carboxylic acids is 1. The largest absolute Gasteiger partial charge is 0.461 e. The molecule has 2 heterocycles. The number of hydrogen-bond acceptors (Lipinski definition) is 6. The first-order valence-corrected chi connectivity index (χ1v) is 8.15. The summed E-state index contributed by atoms with van der Waals surface area (Å²) >= 11 is 1.57. The number of fused-ring (bicyclic) bond motifs is 1. The van der Waals surface area contributed by atoms with E-state index >= 15 is 0 Å². The van der Waals surface area contributed by atoms with Crippen molar-refractivity contribution in [2.75, 3.05) is 12.3 Å². The van der Waals surface area contributed by atoms with Crippen molar-refractivity contribution < 1.29 is 9.53 Å². The molecule has 3 rings (SSSR count). The highest BCUT2D eigenvalue weighted by molar-refractivity contribution is 7.98. The molecular formula is C16H16N4O2S. The van der Waals surface area contributed by atoms with Gasteiger partial charge in [0, 0.05) is 11.8 Å². The maximum Gasteiger partial charge on any atom is 0.357 e. The third kappa shape index (κ3) is 3.29. The third-order valence-corrected chi connectivity index (χ3v) is 4.19. The van der Waals surface area contributed by atoms with Gasteiger partial charge in [-0.2, -0.15) is 0 Å². The fraction of sp³-hybridized carbons (Fsp3) is 0.188. The molecule has 0 amide bonds. The Morgan fingerprint density at radius 2 is 2.13 bits per heavy atom. The van der Waals surface area contributed by atoms with Gasteiger partial charge in [0.25, 0.3) is 0 Å². The number of anilines is 1. The fourth-order valence-corrected chi connectivity index (χ4v) is 3.02. The fourth-order valence-electron chi connectivity index (χ4n) is 2.17. The van der Waals surface area contributed by atoms with Crippen molar-refractivity contribution in [3.8, 4) is 0 Å². The Kier molecular flexibility index (Phi) is 4.47. The van der Waals surface area contributed by atoms with Crippen molar-refractivity contribution in [1.82, 2.24) is 14.4 Å². The zero-order valence-electron chi connectivity index (χ0n) is 12.6. The van der Waals surface area contributed by atoms with Crippen molar-refractivity contribution in [3.63, 3.8) is 0 Å². The van der Waals surface area contributed by atoms with E-state index in [1.807, 2.05) is 24.3 Å². The summed E-state index contributed by atoms with van der Waals surface area (Å²) in [5, 5.41) is 0.764. The predicted molar refractivity (Wildman–Crippen MR) is 89.4 cm³/mol. The number of aromatic nitrogens is 3. The number of imidazole rings is 1. The van der Waals surface area contributed by atoms with Crippen molar-refractivity contribution in [3.05, 3.63) is 53.9 Å². The summed E-state index contributed by atoms with van der Waals surface area (Å²) in [6.07, 6.45) is 1.46. The monoisotopic (exact) mass is 328 g/mol. The second kappa shape index (κ2) is 6.70. The van der Waals surface area contributed by atoms with Gasteiger partial charge < -0.3 is 10.5 Å². The maximum atomic E-state index is 11.9. The van der Waals surface area contributed by atoms with Crippen molar-refractivity contribution in [2.45, 2.75) is 17.7 Å². The van der Waals surface area contributed by atoms with Gasteiger partial charge in [-0.3, -0.25) is 4.40 Å². The van der Waals surface area contributed by atoms with Gasteiger partial charge in [0.05, 0.1) is 12.8 Å². The van der Waals surface area contributed by atoms with Crippen LogP contribution >= 0.6 is 11.8 Å². The lowest BCUT2D eigenvalue weighted by Crippen LogP contribution is -2.11. The Balaban J connectivity index is 1.86. The van der Waals surface area contributed by atoms with Crippen LogP contribution in [0.4, 0.5) is 5.95 Å². The molecule has 2 N–H and O–H groups in total. The van der Waals surface area contributed by atoms with Gasteiger partial charge in [0.15, 0.2) is 5.69 Å². The Morgan fingerprint density at radius 1 is 1.35 bits per heavy atom. The number of esters is 1. The lowest BCUT2D eigenvalue weighted by atomic mass is 10.2. The topological polar surface area (TPSA) is 82.5 Å². The van der Waals surface area contributed by atoms with E-state index in [2.05, 4.69) is 22.1 Å². The lowest BCUT2D eigenvalue weighted by Gasteiger charge is -2.07. The summed E-state index contributed by atoms with van der Waals surface area (Å²) in [5.41, 5.74) is 8.06. The van der Waals surface area contributed by atoms with Gasteiger partial charge in [-0.1, -0.05) is 30.3 Å². The number of nitrogens with two attached hydrogens (primary N) is 1. The summed E-state index contributed by atoms with van der Waals surface area (Å²) in [7, 11) is 0. The zero-order valence-corrected chi connectivity index (χ0v) is 13.4. The Hall–Kier alpha value is -2.54. The van der Waals surface area contributed by atoms with Crippen molar-refractivity contribution in [1.29, 1.82) is 0 Å². The molecular weight excluding hydrogens is 312 g/mol. The molecule has 0 fully saturated rings. The highest BCUT2D eigenvalue weighted by Gasteiger charge is 2.16. The Bertz CT molecular complexity index is 833. The number of nitrogen functional groups attached to an aromatic ring is 1. The molecule has 118 valence electrons. The van der Waals surface area contributed by atoms with Crippen LogP contribution in [0, 0.1) is 0 Å². The normalized spacial score (nSPS) is 10.8. The number of hydrogen-bond donors (Lipinski definition) is 1. The molecule has 0 atom stereocenters. The minimum absolute atomic E-state index is 0.221. The number of benzene rings is 1. The van der Waals surface area contributed by atoms with Crippen LogP contribution in [0.25, 0.3) is 5.65 Å². The average molecular weight is 328 g/mol. The van der Waals surface area contributed by atoms with Crippen molar-refractivity contribution >= 4 is 29.3 Å². The number of thioether (sulfide) groups is 1. The van der Waals surface area contributed by atoms with Crippen LogP contribution in [-0.4, -0.2) is 26.9 Å². The van der Waals surface area contributed by atoms with Gasteiger partial charge >= 0.3 is 5.97 Å². The van der Waals surface area contributed by atoms with E-state index in [0.717, 1.165) is 10.8 Å². The predicted octanol–water partition coefficient (Wildman–Crippen LogP) is 2.78. The molecule has 0 bridgehead atoms. The SMILES string of the molecule is CCOC(=O)c1cnc2cc(SCc3ccccc3)nc(N)n12. The first-order chi connectivity index (χ1) is 11.2. The summed E-state index contributed by atoms with van der Waals surface area (Å²) in [6, 6.07) is 11.9. The zero-order chi connectivity index (χ0) is 16.2. The number of rotatable bonds is 5. The van der Waals surface area contributed by atoms with Gasteiger partial charge in [-0.15, -0.1) is 11.8 Å². The molecule has 6 nitrogen and oxygen atoms in total. The standard InChI is InChI=1S/C16H16N4O2S/c1-2-22-15(21)12-9-18-13-8-14(19-16(17)20(12)13)23-10-11-6-4-3-5-7-11/h3-9H,2,10H2,1H3,(H2,17,19). The van der Waals surface area contributed by atoms with Crippen LogP contribution in [-0.2, 0) is 10.5 Å². The minimum Gasteiger partial charge on any atom is -0.461 e. The number of carbonyl (C=O) groups is 1. The van der Waals surface area contributed by atoms with E-state index in [1.54, 1.807) is 18.7 Å². The number of ether oxygens (including phenoxy) is 1. The molecule has 0 aliphatic carbocycles. The molecule has 0 radical (unpaired) electrons. The molecule has 1 aromatic carbocycles. The van der Waals surface area contributed by atoms with Crippen LogP contribution in [0.3, 0.4) is 0 Å². The molecule has 0 aliphatic heterocycles. The smallest absolute Gasteiger partial charge is 0.357 e. The molecule has 0 aliphatic rings. The Morgan fingerprint density at radius 3 is 2.87 bits per heavy atom. The summed E-state index contributed by atoms with van der Waals surface area (Å²) < 4.78 is 6.50. The highest BCUT2D eigenvalue weighted by Crippen LogP contribution is 2.24. The van der Waals surface area contributed by atoms with Gasteiger partial charge in [-0.05, 0) is 12.5 Å². The Labute approximate surface area is 137 Å². The highest BCUT2D eigenvalue weighted by atomic mass is 32.2. The van der Waals surface area contributed by atoms with Crippen LogP contribution in [0.15, 0.2) is 47.6 Å². The quantitative estimate of drug-likeness (QED) is 0.440. The summed E-state index contributed by atoms with van der Waals surface area (Å²) in [5.74, 6) is 0.548. The first-order valence-electron chi connectivity index (χ1n) is 7.17. The van der Waals surface area contributed by atoms with Crippen LogP contribution < -0.4 is 5.73 Å². The molecule has 0 saturated heterocycles. The lowest BCUT2D eigenvalue weighted by molar-refractivity contribution is 0.0518. The van der Waals surface area contributed by atoms with E-state index in [-0.39, 0.29) is 11.6 Å². The minimum atomic E-state index is -0.460. The maximum absolute atomic E-state index is 11.9. The van der Waals surface area contributed by atoms with Gasteiger partial charge in [0.2, 0.25) is 5.95 Å². The molecule has 0 spiro atoms. The molecule has 2 aromatic heterocycles. The summed E-state index contributed by atoms with van der Waals surface area (Å²) in [6.45, 7) is 2.05. The van der Waals surface area contributed by atoms with Crippen LogP contribution in [0.1, 0.15) is 23.0 Å². The average Bonchev–Trinajstić information content (AvgIpc) is 2.99. The van der Waals surface area contributed by atoms with Gasteiger partial charge in [-0.25, -0.2) is 14.8 Å². The van der Waals surface area contributed by atoms with E-state index in [4.69, 9.17) is 10.5 Å². The summed E-state index contributed by atoms with van der Waals surface area (Å²) in [4.78, 5) is 20.5. The van der Waals surface area contributed by atoms with E-state index < -0.39 is 5.97 Å². The third-order valence-electron chi connectivity index (χ3n) is 3.21. The first kappa shape index (κ1) is 15.4. The van der Waals surface area contributed by atoms with Crippen LogP contribution in [0.2, 0.25) is 0 Å². The second-order valence-corrected chi connectivity index (χ2v) is 5.78. The molecule has 3 aromatic rings. The molecule has 0 saturated carbocycles. The van der Waals surface area contributed by atoms with E-state index in [0.29, 0.717) is 12.3 Å². The van der Waals surface area contributed by atoms with Crippen molar-refractivity contribution in [2.24, 2.45) is 0 Å². The van der Waals surface area contributed by atoms with E-state index in [9.17, 15) is 4.79 Å².